The van der Waals surface area contributed by atoms with Gasteiger partial charge in [0, 0.05) is 19.0 Å². The van der Waals surface area contributed by atoms with Crippen molar-refractivity contribution in [3.63, 3.8) is 0 Å². The lowest BCUT2D eigenvalue weighted by molar-refractivity contribution is -0.143. The molecule has 7 nitrogen and oxygen atoms in total. The summed E-state index contributed by atoms with van der Waals surface area (Å²) in [6, 6.07) is 8.54. The zero-order chi connectivity index (χ0) is 24.9. The lowest BCUT2D eigenvalue weighted by atomic mass is 9.68. The van der Waals surface area contributed by atoms with E-state index in [4.69, 9.17) is 0 Å². The lowest BCUT2D eigenvalue weighted by Crippen LogP contribution is -2.54. The maximum atomic E-state index is 14.1. The van der Waals surface area contributed by atoms with Crippen molar-refractivity contribution >= 4 is 17.7 Å². The van der Waals surface area contributed by atoms with Crippen LogP contribution >= 0.6 is 0 Å². The molecule has 1 saturated carbocycles. The van der Waals surface area contributed by atoms with Gasteiger partial charge in [-0.05, 0) is 37.2 Å². The molecule has 1 aromatic rings. The van der Waals surface area contributed by atoms with Crippen molar-refractivity contribution in [1.82, 2.24) is 15.5 Å². The summed E-state index contributed by atoms with van der Waals surface area (Å²) in [5, 5.41) is 16.4. The van der Waals surface area contributed by atoms with Crippen molar-refractivity contribution in [3.8, 4) is 0 Å². The van der Waals surface area contributed by atoms with Crippen LogP contribution in [0, 0.1) is 23.7 Å². The highest BCUT2D eigenvalue weighted by atomic mass is 16.3. The Balaban J connectivity index is 1.70. The van der Waals surface area contributed by atoms with E-state index in [9.17, 15) is 19.5 Å². The predicted octanol–water partition coefficient (Wildman–Crippen LogP) is 2.44. The molecule has 7 heteroatoms. The fraction of sp³-hybridized carbons (Fsp3) is 0.607. The molecule has 6 atom stereocenters. The zero-order valence-electron chi connectivity index (χ0n) is 20.9. The average molecular weight is 482 g/mol. The predicted molar refractivity (Wildman–Crippen MR) is 134 cm³/mol. The summed E-state index contributed by atoms with van der Waals surface area (Å²) in [6.07, 6.45) is 10.4. The fourth-order valence-electron chi connectivity index (χ4n) is 6.42. The number of benzene rings is 1. The minimum absolute atomic E-state index is 0.0659. The van der Waals surface area contributed by atoms with E-state index in [-0.39, 0.29) is 36.3 Å². The molecule has 0 spiro atoms. The molecule has 35 heavy (non-hydrogen) atoms. The SMILES string of the molecule is CC[C@@H]1C=C[C@H]2[C@@H](C(=O)N([C@@H](CO)Cc3ccccc3)[C@@H]2C(=O)NC2CCCCC2)[C@@H]1C(=O)NC. The molecule has 3 N–H and O–H groups in total. The number of nitrogens with one attached hydrogen (secondary N) is 2. The van der Waals surface area contributed by atoms with Crippen LogP contribution in [0.1, 0.15) is 51.0 Å². The number of likely N-dealkylation sites (tertiary alicyclic amines) is 1. The van der Waals surface area contributed by atoms with E-state index in [1.807, 2.05) is 49.4 Å². The second kappa shape index (κ2) is 11.4. The van der Waals surface area contributed by atoms with Gasteiger partial charge in [0.1, 0.15) is 6.04 Å². The van der Waals surface area contributed by atoms with E-state index in [1.165, 1.54) is 6.42 Å². The van der Waals surface area contributed by atoms with Crippen LogP contribution in [-0.4, -0.2) is 59.5 Å². The van der Waals surface area contributed by atoms with Gasteiger partial charge in [-0.25, -0.2) is 0 Å². The van der Waals surface area contributed by atoms with Gasteiger partial charge in [0.2, 0.25) is 17.7 Å². The van der Waals surface area contributed by atoms with Crippen LogP contribution in [0.15, 0.2) is 42.5 Å². The first-order chi connectivity index (χ1) is 17.0. The van der Waals surface area contributed by atoms with Gasteiger partial charge in [0.05, 0.1) is 24.5 Å². The average Bonchev–Trinajstić information content (AvgIpc) is 3.19. The molecule has 0 radical (unpaired) electrons. The van der Waals surface area contributed by atoms with Gasteiger partial charge in [-0.3, -0.25) is 14.4 Å². The van der Waals surface area contributed by atoms with Gasteiger partial charge < -0.3 is 20.6 Å². The third kappa shape index (κ3) is 5.15. The van der Waals surface area contributed by atoms with Crippen molar-refractivity contribution in [2.75, 3.05) is 13.7 Å². The Hall–Kier alpha value is -2.67. The first kappa shape index (κ1) is 25.4. The molecule has 0 unspecified atom stereocenters. The summed E-state index contributed by atoms with van der Waals surface area (Å²) in [5.74, 6) is -2.15. The fourth-order valence-corrected chi connectivity index (χ4v) is 6.42. The monoisotopic (exact) mass is 481 g/mol. The Bertz CT molecular complexity index is 927. The Morgan fingerprint density at radius 1 is 1.09 bits per heavy atom. The molecule has 0 aromatic heterocycles. The van der Waals surface area contributed by atoms with Crippen molar-refractivity contribution in [1.29, 1.82) is 0 Å². The summed E-state index contributed by atoms with van der Waals surface area (Å²) in [7, 11) is 1.60. The number of allylic oxidation sites excluding steroid dienone is 1. The number of rotatable bonds is 8. The Morgan fingerprint density at radius 2 is 1.80 bits per heavy atom. The van der Waals surface area contributed by atoms with Gasteiger partial charge in [-0.2, -0.15) is 0 Å². The Kier molecular flexibility index (Phi) is 8.26. The van der Waals surface area contributed by atoms with Gasteiger partial charge >= 0.3 is 0 Å². The van der Waals surface area contributed by atoms with Crippen LogP contribution in [0.3, 0.4) is 0 Å². The zero-order valence-corrected chi connectivity index (χ0v) is 20.9. The molecule has 3 amide bonds. The van der Waals surface area contributed by atoms with Crippen LogP contribution in [0.4, 0.5) is 0 Å². The second-order valence-corrected chi connectivity index (χ2v) is 10.3. The van der Waals surface area contributed by atoms with Crippen LogP contribution < -0.4 is 10.6 Å². The molecule has 0 bridgehead atoms. The smallest absolute Gasteiger partial charge is 0.243 e. The molecule has 190 valence electrons. The molecule has 1 heterocycles. The van der Waals surface area contributed by atoms with Crippen molar-refractivity contribution < 1.29 is 19.5 Å². The van der Waals surface area contributed by atoms with Crippen LogP contribution in [-0.2, 0) is 20.8 Å². The van der Waals surface area contributed by atoms with Crippen molar-refractivity contribution in [2.24, 2.45) is 23.7 Å². The van der Waals surface area contributed by atoms with Crippen molar-refractivity contribution in [2.45, 2.75) is 70.0 Å². The number of fused-ring (bicyclic) bond motifs is 1. The molecule has 2 fully saturated rings. The topological polar surface area (TPSA) is 98.7 Å². The molecular formula is C28H39N3O4. The first-order valence-electron chi connectivity index (χ1n) is 13.2. The second-order valence-electron chi connectivity index (χ2n) is 10.3. The molecule has 4 rings (SSSR count). The summed E-state index contributed by atoms with van der Waals surface area (Å²) >= 11 is 0. The highest BCUT2D eigenvalue weighted by Crippen LogP contribution is 2.46. The van der Waals surface area contributed by atoms with Crippen molar-refractivity contribution in [3.05, 3.63) is 48.0 Å². The molecule has 1 aromatic carbocycles. The summed E-state index contributed by atoms with van der Waals surface area (Å²) in [4.78, 5) is 42.4. The highest BCUT2D eigenvalue weighted by Gasteiger charge is 2.58. The number of aliphatic hydroxyl groups excluding tert-OH is 1. The molecule has 1 aliphatic heterocycles. The normalized spacial score (nSPS) is 29.5. The van der Waals surface area contributed by atoms with E-state index in [2.05, 4.69) is 10.6 Å². The van der Waals surface area contributed by atoms with Gasteiger partial charge in [-0.1, -0.05) is 68.7 Å². The number of amides is 3. The Morgan fingerprint density at radius 3 is 2.43 bits per heavy atom. The summed E-state index contributed by atoms with van der Waals surface area (Å²) in [6.45, 7) is 1.76. The molecular weight excluding hydrogens is 442 g/mol. The lowest BCUT2D eigenvalue weighted by Gasteiger charge is -2.35. The first-order valence-corrected chi connectivity index (χ1v) is 13.2. The molecule has 1 saturated heterocycles. The number of hydrogen-bond donors (Lipinski definition) is 3. The third-order valence-corrected chi connectivity index (χ3v) is 8.21. The number of hydrogen-bond acceptors (Lipinski definition) is 4. The largest absolute Gasteiger partial charge is 0.394 e. The molecule has 3 aliphatic rings. The minimum atomic E-state index is -0.739. The van der Waals surface area contributed by atoms with E-state index in [1.54, 1.807) is 11.9 Å². The maximum absolute atomic E-state index is 14.1. The highest BCUT2D eigenvalue weighted by molar-refractivity contribution is 5.97. The number of carbonyl (C=O) groups is 3. The summed E-state index contributed by atoms with van der Waals surface area (Å²) in [5.41, 5.74) is 0.991. The number of nitrogens with zero attached hydrogens (tertiary/aromatic N) is 1. The van der Waals surface area contributed by atoms with Gasteiger partial charge in [-0.15, -0.1) is 0 Å². The quantitative estimate of drug-likeness (QED) is 0.497. The number of carbonyl (C=O) groups excluding carboxylic acids is 3. The summed E-state index contributed by atoms with van der Waals surface area (Å²) < 4.78 is 0. The van der Waals surface area contributed by atoms with E-state index in [0.717, 1.165) is 37.7 Å². The van der Waals surface area contributed by atoms with E-state index >= 15 is 0 Å². The van der Waals surface area contributed by atoms with E-state index in [0.29, 0.717) is 6.42 Å². The van der Waals surface area contributed by atoms with Crippen LogP contribution in [0.5, 0.6) is 0 Å². The van der Waals surface area contributed by atoms with Crippen LogP contribution in [0.2, 0.25) is 0 Å². The van der Waals surface area contributed by atoms with E-state index < -0.39 is 29.8 Å². The minimum Gasteiger partial charge on any atom is -0.394 e. The van der Waals surface area contributed by atoms with Gasteiger partial charge in [0.25, 0.3) is 0 Å². The standard InChI is InChI=1S/C28H39N3O4/c1-3-19-14-15-22-24(23(19)26(33)29-2)28(35)31(21(17-32)16-18-10-6-4-7-11-18)25(22)27(34)30-20-12-8-5-9-13-20/h4,6-7,10-11,14-15,19-25,32H,3,5,8-9,12-13,16-17H2,1-2H3,(H,29,33)(H,30,34)/t19-,21-,22+,23-,24-,25+/m1/s1. The maximum Gasteiger partial charge on any atom is 0.243 e. The molecule has 2 aliphatic carbocycles. The van der Waals surface area contributed by atoms with Gasteiger partial charge in [0.15, 0.2) is 0 Å². The third-order valence-electron chi connectivity index (χ3n) is 8.21. The Labute approximate surface area is 208 Å². The number of aliphatic hydroxyl groups is 1. The van der Waals surface area contributed by atoms with Crippen LogP contribution in [0.25, 0.3) is 0 Å².